The summed E-state index contributed by atoms with van der Waals surface area (Å²) in [5.41, 5.74) is 7.03. The van der Waals surface area contributed by atoms with Crippen LogP contribution in [0.2, 0.25) is 0 Å². The molecule has 0 spiro atoms. The Hall–Kier alpha value is -0.760. The van der Waals surface area contributed by atoms with E-state index in [2.05, 4.69) is 22.5 Å². The summed E-state index contributed by atoms with van der Waals surface area (Å²) in [7, 11) is 0. The van der Waals surface area contributed by atoms with Crippen molar-refractivity contribution in [1.82, 2.24) is 0 Å². The van der Waals surface area contributed by atoms with E-state index < -0.39 is 0 Å². The van der Waals surface area contributed by atoms with Crippen molar-refractivity contribution in [2.75, 3.05) is 0 Å². The normalized spacial score (nSPS) is 9.30. The Morgan fingerprint density at radius 2 is 2.20 bits per heavy atom. The van der Waals surface area contributed by atoms with Gasteiger partial charge in [-0.1, -0.05) is 34.6 Å². The second kappa shape index (κ2) is 2.88. The lowest BCUT2D eigenvalue weighted by Crippen LogP contribution is -1.92. The van der Waals surface area contributed by atoms with Gasteiger partial charge in [0, 0.05) is 10.2 Å². The Balaban J connectivity index is 3.07. The second-order valence-electron chi connectivity index (χ2n) is 2.04. The summed E-state index contributed by atoms with van der Waals surface area (Å²) >= 11 is 3.33. The van der Waals surface area contributed by atoms with E-state index in [4.69, 9.17) is 5.73 Å². The van der Waals surface area contributed by atoms with E-state index in [0.717, 1.165) is 10.0 Å². The van der Waals surface area contributed by atoms with Crippen molar-refractivity contribution in [3.8, 4) is 0 Å². The van der Waals surface area contributed by atoms with E-state index in [9.17, 15) is 0 Å². The third kappa shape index (κ3) is 1.61. The average molecular weight is 198 g/mol. The molecule has 0 atom stereocenters. The van der Waals surface area contributed by atoms with Crippen LogP contribution < -0.4 is 5.73 Å². The zero-order valence-corrected chi connectivity index (χ0v) is 7.06. The molecule has 0 fully saturated rings. The standard InChI is InChI=1S/C8H8BrN/c1-6(10)7-3-2-4-8(9)5-7/h2-5H,1,10H2. The third-order valence-corrected chi connectivity index (χ3v) is 1.69. The SMILES string of the molecule is C=C(N)c1cccc(Br)c1. The highest BCUT2D eigenvalue weighted by Gasteiger charge is 1.92. The fraction of sp³-hybridized carbons (Fsp3) is 0. The number of rotatable bonds is 1. The molecule has 2 N–H and O–H groups in total. The maximum atomic E-state index is 5.47. The lowest BCUT2D eigenvalue weighted by Gasteiger charge is -1.97. The van der Waals surface area contributed by atoms with Crippen LogP contribution in [0.5, 0.6) is 0 Å². The quantitative estimate of drug-likeness (QED) is 0.736. The highest BCUT2D eigenvalue weighted by Crippen LogP contribution is 2.14. The lowest BCUT2D eigenvalue weighted by molar-refractivity contribution is 1.51. The second-order valence-corrected chi connectivity index (χ2v) is 2.95. The topological polar surface area (TPSA) is 26.0 Å². The molecule has 0 heterocycles. The van der Waals surface area contributed by atoms with Crippen LogP contribution in [-0.2, 0) is 0 Å². The molecular formula is C8H8BrN. The summed E-state index contributed by atoms with van der Waals surface area (Å²) in [6.45, 7) is 3.62. The lowest BCUT2D eigenvalue weighted by atomic mass is 10.2. The monoisotopic (exact) mass is 197 g/mol. The van der Waals surface area contributed by atoms with Gasteiger partial charge in [-0.2, -0.15) is 0 Å². The maximum absolute atomic E-state index is 5.47. The van der Waals surface area contributed by atoms with Gasteiger partial charge in [-0.25, -0.2) is 0 Å². The van der Waals surface area contributed by atoms with Gasteiger partial charge >= 0.3 is 0 Å². The Morgan fingerprint density at radius 1 is 1.50 bits per heavy atom. The molecule has 1 aromatic carbocycles. The minimum Gasteiger partial charge on any atom is -0.399 e. The molecule has 0 radical (unpaired) electrons. The zero-order valence-electron chi connectivity index (χ0n) is 5.47. The van der Waals surface area contributed by atoms with Crippen LogP contribution in [0.25, 0.3) is 5.70 Å². The number of nitrogens with two attached hydrogens (primary N) is 1. The van der Waals surface area contributed by atoms with Crippen molar-refractivity contribution in [3.63, 3.8) is 0 Å². The molecule has 0 saturated carbocycles. The van der Waals surface area contributed by atoms with Gasteiger partial charge in [-0.05, 0) is 17.7 Å². The van der Waals surface area contributed by atoms with Crippen LogP contribution in [0.3, 0.4) is 0 Å². The smallest absolute Gasteiger partial charge is 0.0314 e. The number of hydrogen-bond donors (Lipinski definition) is 1. The van der Waals surface area contributed by atoms with E-state index in [0.29, 0.717) is 5.70 Å². The van der Waals surface area contributed by atoms with Crippen molar-refractivity contribution in [2.45, 2.75) is 0 Å². The van der Waals surface area contributed by atoms with E-state index in [1.54, 1.807) is 0 Å². The molecule has 0 unspecified atom stereocenters. The molecule has 0 aliphatic heterocycles. The molecular weight excluding hydrogens is 190 g/mol. The summed E-state index contributed by atoms with van der Waals surface area (Å²) in [6.07, 6.45) is 0. The third-order valence-electron chi connectivity index (χ3n) is 1.20. The van der Waals surface area contributed by atoms with Crippen molar-refractivity contribution in [2.24, 2.45) is 5.73 Å². The van der Waals surface area contributed by atoms with Gasteiger partial charge < -0.3 is 5.73 Å². The summed E-state index contributed by atoms with van der Waals surface area (Å²) in [5, 5.41) is 0. The minimum absolute atomic E-state index is 0.598. The van der Waals surface area contributed by atoms with Crippen LogP contribution in [0, 0.1) is 0 Å². The predicted octanol–water partition coefficient (Wildman–Crippen LogP) is 2.38. The summed E-state index contributed by atoms with van der Waals surface area (Å²) in [5.74, 6) is 0. The first-order valence-corrected chi connectivity index (χ1v) is 3.70. The van der Waals surface area contributed by atoms with Gasteiger partial charge in [-0.3, -0.25) is 0 Å². The zero-order chi connectivity index (χ0) is 7.56. The highest BCUT2D eigenvalue weighted by molar-refractivity contribution is 9.10. The van der Waals surface area contributed by atoms with Gasteiger partial charge in [0.15, 0.2) is 0 Å². The Labute approximate surface area is 68.7 Å². The Morgan fingerprint density at radius 3 is 2.60 bits per heavy atom. The van der Waals surface area contributed by atoms with Gasteiger partial charge in [0.2, 0.25) is 0 Å². The molecule has 0 aliphatic rings. The number of halogens is 1. The van der Waals surface area contributed by atoms with E-state index in [1.165, 1.54) is 0 Å². The first kappa shape index (κ1) is 7.35. The van der Waals surface area contributed by atoms with Crippen LogP contribution >= 0.6 is 15.9 Å². The summed E-state index contributed by atoms with van der Waals surface area (Å²) < 4.78 is 1.02. The summed E-state index contributed by atoms with van der Waals surface area (Å²) in [6, 6.07) is 7.74. The number of benzene rings is 1. The molecule has 10 heavy (non-hydrogen) atoms. The van der Waals surface area contributed by atoms with E-state index in [1.807, 2.05) is 24.3 Å². The van der Waals surface area contributed by atoms with Crippen molar-refractivity contribution < 1.29 is 0 Å². The Kier molecular flexibility index (Phi) is 2.12. The highest BCUT2D eigenvalue weighted by atomic mass is 79.9. The summed E-state index contributed by atoms with van der Waals surface area (Å²) in [4.78, 5) is 0. The van der Waals surface area contributed by atoms with Crippen LogP contribution in [-0.4, -0.2) is 0 Å². The van der Waals surface area contributed by atoms with Gasteiger partial charge in [0.1, 0.15) is 0 Å². The molecule has 0 bridgehead atoms. The van der Waals surface area contributed by atoms with E-state index in [-0.39, 0.29) is 0 Å². The van der Waals surface area contributed by atoms with Gasteiger partial charge in [0.25, 0.3) is 0 Å². The largest absolute Gasteiger partial charge is 0.399 e. The van der Waals surface area contributed by atoms with Crippen LogP contribution in [0.1, 0.15) is 5.56 Å². The fourth-order valence-electron chi connectivity index (χ4n) is 0.688. The van der Waals surface area contributed by atoms with Gasteiger partial charge in [-0.15, -0.1) is 0 Å². The molecule has 52 valence electrons. The van der Waals surface area contributed by atoms with Crippen molar-refractivity contribution in [1.29, 1.82) is 0 Å². The first-order valence-electron chi connectivity index (χ1n) is 2.90. The van der Waals surface area contributed by atoms with Crippen LogP contribution in [0.15, 0.2) is 35.3 Å². The molecule has 1 nitrogen and oxygen atoms in total. The number of hydrogen-bond acceptors (Lipinski definition) is 1. The van der Waals surface area contributed by atoms with E-state index >= 15 is 0 Å². The maximum Gasteiger partial charge on any atom is 0.0314 e. The molecule has 0 aromatic heterocycles. The average Bonchev–Trinajstić information content (AvgIpc) is 1.88. The van der Waals surface area contributed by atoms with Gasteiger partial charge in [0.05, 0.1) is 0 Å². The minimum atomic E-state index is 0.598. The molecule has 2 heteroatoms. The Bertz CT molecular complexity index is 255. The first-order chi connectivity index (χ1) is 4.70. The fourth-order valence-corrected chi connectivity index (χ4v) is 1.09. The van der Waals surface area contributed by atoms with Crippen molar-refractivity contribution >= 4 is 21.6 Å². The molecule has 0 amide bonds. The molecule has 0 aliphatic carbocycles. The molecule has 0 saturated heterocycles. The predicted molar refractivity (Wildman–Crippen MR) is 47.4 cm³/mol. The molecule has 1 aromatic rings. The van der Waals surface area contributed by atoms with Crippen LogP contribution in [0.4, 0.5) is 0 Å². The molecule has 1 rings (SSSR count). The van der Waals surface area contributed by atoms with Crippen molar-refractivity contribution in [3.05, 3.63) is 40.9 Å².